The second-order valence-corrected chi connectivity index (χ2v) is 6.65. The summed E-state index contributed by atoms with van der Waals surface area (Å²) in [5.74, 6) is -0.360. The van der Waals surface area contributed by atoms with E-state index >= 15 is 0 Å². The molecule has 0 spiro atoms. The van der Waals surface area contributed by atoms with Gasteiger partial charge in [-0.2, -0.15) is 21.6 Å². The van der Waals surface area contributed by atoms with Crippen LogP contribution in [0, 0.1) is 6.92 Å². The van der Waals surface area contributed by atoms with Gasteiger partial charge >= 0.3 is 15.6 Å². The van der Waals surface area contributed by atoms with Crippen molar-refractivity contribution in [2.24, 2.45) is 0 Å². The highest BCUT2D eigenvalue weighted by Gasteiger charge is 2.48. The van der Waals surface area contributed by atoms with Gasteiger partial charge in [0.25, 0.3) is 0 Å². The Morgan fingerprint density at radius 1 is 0.870 bits per heavy atom. The zero-order valence-corrected chi connectivity index (χ0v) is 13.1. The van der Waals surface area contributed by atoms with Crippen molar-refractivity contribution in [2.45, 2.75) is 25.3 Å². The van der Waals surface area contributed by atoms with Crippen LogP contribution in [0.1, 0.15) is 16.7 Å². The van der Waals surface area contributed by atoms with E-state index in [1.165, 1.54) is 17.7 Å². The van der Waals surface area contributed by atoms with E-state index in [-0.39, 0.29) is 5.75 Å². The Bertz CT molecular complexity index is 749. The SMILES string of the molecule is Cc1ccc(CCc2ccc(OS(=O)(=O)C(F)(F)F)cc2)cc1. The van der Waals surface area contributed by atoms with Crippen molar-refractivity contribution in [2.75, 3.05) is 0 Å². The van der Waals surface area contributed by atoms with Crippen molar-refractivity contribution < 1.29 is 25.8 Å². The predicted molar refractivity (Wildman–Crippen MR) is 80.6 cm³/mol. The first kappa shape index (κ1) is 17.3. The van der Waals surface area contributed by atoms with Crippen LogP contribution in [0.3, 0.4) is 0 Å². The molecule has 7 heteroatoms. The van der Waals surface area contributed by atoms with Crippen molar-refractivity contribution in [1.29, 1.82) is 0 Å². The molecule has 0 radical (unpaired) electrons. The quantitative estimate of drug-likeness (QED) is 0.608. The summed E-state index contributed by atoms with van der Waals surface area (Å²) in [6, 6.07) is 13.6. The van der Waals surface area contributed by atoms with Gasteiger partial charge in [-0.15, -0.1) is 0 Å². The van der Waals surface area contributed by atoms with Gasteiger partial charge in [0.05, 0.1) is 0 Å². The predicted octanol–water partition coefficient (Wildman–Crippen LogP) is 4.01. The van der Waals surface area contributed by atoms with Crippen molar-refractivity contribution >= 4 is 10.1 Å². The molecule has 0 amide bonds. The van der Waals surface area contributed by atoms with Crippen LogP contribution in [0.25, 0.3) is 0 Å². The highest BCUT2D eigenvalue weighted by atomic mass is 32.2. The van der Waals surface area contributed by atoms with Crippen molar-refractivity contribution in [3.63, 3.8) is 0 Å². The van der Waals surface area contributed by atoms with Crippen molar-refractivity contribution in [3.05, 3.63) is 65.2 Å². The number of benzene rings is 2. The smallest absolute Gasteiger partial charge is 0.376 e. The average molecular weight is 344 g/mol. The van der Waals surface area contributed by atoms with Crippen LogP contribution in [0.2, 0.25) is 0 Å². The molecular formula is C16H15F3O3S. The summed E-state index contributed by atoms with van der Waals surface area (Å²) in [7, 11) is -5.62. The van der Waals surface area contributed by atoms with Crippen LogP contribution >= 0.6 is 0 Å². The fourth-order valence-electron chi connectivity index (χ4n) is 1.93. The molecule has 0 atom stereocenters. The Kier molecular flexibility index (Phi) is 4.99. The molecule has 0 bridgehead atoms. The van der Waals surface area contributed by atoms with Crippen LogP contribution in [-0.2, 0) is 23.0 Å². The summed E-state index contributed by atoms with van der Waals surface area (Å²) >= 11 is 0. The first-order valence-corrected chi connectivity index (χ1v) is 8.23. The first-order valence-electron chi connectivity index (χ1n) is 6.83. The molecule has 2 aromatic carbocycles. The Labute approximate surface area is 132 Å². The van der Waals surface area contributed by atoms with Gasteiger partial charge in [0.2, 0.25) is 0 Å². The first-order chi connectivity index (χ1) is 10.7. The lowest BCUT2D eigenvalue weighted by Crippen LogP contribution is -2.28. The number of hydrogen-bond donors (Lipinski definition) is 0. The van der Waals surface area contributed by atoms with Gasteiger partial charge in [-0.3, -0.25) is 0 Å². The van der Waals surface area contributed by atoms with Crippen molar-refractivity contribution in [3.8, 4) is 5.75 Å². The second-order valence-electron chi connectivity index (χ2n) is 5.11. The average Bonchev–Trinajstić information content (AvgIpc) is 2.47. The maximum atomic E-state index is 12.2. The molecule has 0 fully saturated rings. The second kappa shape index (κ2) is 6.62. The van der Waals surface area contributed by atoms with E-state index < -0.39 is 15.6 Å². The summed E-state index contributed by atoms with van der Waals surface area (Å²) in [4.78, 5) is 0. The summed E-state index contributed by atoms with van der Waals surface area (Å²) in [6.45, 7) is 2.00. The van der Waals surface area contributed by atoms with Crippen LogP contribution in [0.15, 0.2) is 48.5 Å². The fraction of sp³-hybridized carbons (Fsp3) is 0.250. The maximum Gasteiger partial charge on any atom is 0.534 e. The van der Waals surface area contributed by atoms with E-state index in [2.05, 4.69) is 4.18 Å². The summed E-state index contributed by atoms with van der Waals surface area (Å²) in [5, 5.41) is 0. The van der Waals surface area contributed by atoms with Crippen molar-refractivity contribution in [1.82, 2.24) is 0 Å². The fourth-order valence-corrected chi connectivity index (χ4v) is 2.39. The minimum absolute atomic E-state index is 0.360. The van der Waals surface area contributed by atoms with E-state index in [1.54, 1.807) is 12.1 Å². The molecule has 0 heterocycles. The van der Waals surface area contributed by atoms with Gasteiger partial charge in [0, 0.05) is 0 Å². The van der Waals surface area contributed by atoms with Gasteiger partial charge in [0.1, 0.15) is 5.75 Å². The lowest BCUT2D eigenvalue weighted by atomic mass is 10.0. The topological polar surface area (TPSA) is 43.4 Å². The number of aryl methyl sites for hydroxylation is 3. The van der Waals surface area contributed by atoms with E-state index in [9.17, 15) is 21.6 Å². The van der Waals surface area contributed by atoms with Gasteiger partial charge < -0.3 is 4.18 Å². The van der Waals surface area contributed by atoms with E-state index in [0.29, 0.717) is 6.42 Å². The number of hydrogen-bond acceptors (Lipinski definition) is 3. The summed E-state index contributed by atoms with van der Waals surface area (Å²) in [6.07, 6.45) is 1.47. The largest absolute Gasteiger partial charge is 0.534 e. The molecule has 3 nitrogen and oxygen atoms in total. The molecular weight excluding hydrogens is 329 g/mol. The third-order valence-corrected chi connectivity index (χ3v) is 4.21. The number of alkyl halides is 3. The van der Waals surface area contributed by atoms with Gasteiger partial charge in [-0.25, -0.2) is 0 Å². The standard InChI is InChI=1S/C16H15F3O3S/c1-12-2-4-13(5-3-12)6-7-14-8-10-15(11-9-14)22-23(20,21)16(17,18)19/h2-5,8-11H,6-7H2,1H3. The molecule has 0 saturated heterocycles. The molecule has 124 valence electrons. The van der Waals surface area contributed by atoms with Gasteiger partial charge in [0.15, 0.2) is 0 Å². The van der Waals surface area contributed by atoms with Crippen LogP contribution in [0.4, 0.5) is 13.2 Å². The van der Waals surface area contributed by atoms with Gasteiger partial charge in [-0.1, -0.05) is 42.0 Å². The Balaban J connectivity index is 1.98. The lowest BCUT2D eigenvalue weighted by Gasteiger charge is -2.10. The molecule has 0 N–H and O–H groups in total. The highest BCUT2D eigenvalue weighted by molar-refractivity contribution is 7.87. The summed E-state index contributed by atoms with van der Waals surface area (Å²) < 4.78 is 62.5. The third kappa shape index (κ3) is 4.72. The van der Waals surface area contributed by atoms with Gasteiger partial charge in [-0.05, 0) is 43.0 Å². The molecule has 0 unspecified atom stereocenters. The maximum absolute atomic E-state index is 12.2. The Morgan fingerprint density at radius 2 is 1.30 bits per heavy atom. The monoisotopic (exact) mass is 344 g/mol. The van der Waals surface area contributed by atoms with Crippen LogP contribution < -0.4 is 4.18 Å². The summed E-state index contributed by atoms with van der Waals surface area (Å²) in [5.41, 5.74) is -2.24. The Hall–Kier alpha value is -2.02. The minimum Gasteiger partial charge on any atom is -0.376 e. The molecule has 0 saturated carbocycles. The number of rotatable bonds is 5. The highest BCUT2D eigenvalue weighted by Crippen LogP contribution is 2.27. The number of halogens is 3. The zero-order chi connectivity index (χ0) is 17.1. The lowest BCUT2D eigenvalue weighted by molar-refractivity contribution is -0.0500. The van der Waals surface area contributed by atoms with E-state index in [1.807, 2.05) is 31.2 Å². The van der Waals surface area contributed by atoms with E-state index in [0.717, 1.165) is 17.5 Å². The normalized spacial score (nSPS) is 12.2. The minimum atomic E-state index is -5.62. The Morgan fingerprint density at radius 3 is 1.74 bits per heavy atom. The third-order valence-electron chi connectivity index (χ3n) is 3.24. The molecule has 0 aliphatic heterocycles. The molecule has 2 rings (SSSR count). The molecule has 0 aromatic heterocycles. The molecule has 2 aromatic rings. The van der Waals surface area contributed by atoms with Crippen LogP contribution in [-0.4, -0.2) is 13.9 Å². The molecule has 0 aliphatic rings. The zero-order valence-electron chi connectivity index (χ0n) is 12.3. The van der Waals surface area contributed by atoms with Crippen LogP contribution in [0.5, 0.6) is 5.75 Å². The molecule has 0 aliphatic carbocycles. The molecule has 23 heavy (non-hydrogen) atoms. The van der Waals surface area contributed by atoms with E-state index in [4.69, 9.17) is 0 Å².